The summed E-state index contributed by atoms with van der Waals surface area (Å²) in [5, 5.41) is 10.6. The third-order valence-electron chi connectivity index (χ3n) is 17.8. The molecule has 0 saturated carbocycles. The van der Waals surface area contributed by atoms with E-state index < -0.39 is 97.5 Å². The van der Waals surface area contributed by atoms with Gasteiger partial charge in [0.2, 0.25) is 0 Å². The molecule has 3 N–H and O–H groups in total. The average Bonchev–Trinajstić information content (AvgIpc) is 2.69. The highest BCUT2D eigenvalue weighted by Gasteiger charge is 2.30. The van der Waals surface area contributed by atoms with Crippen LogP contribution < -0.4 is 0 Å². The second kappa shape index (κ2) is 63.5. The third kappa shape index (κ3) is 65.8. The smallest absolute Gasteiger partial charge is 0.462 e. The fourth-order valence-electron chi connectivity index (χ4n) is 11.1. The Morgan fingerprint density at radius 2 is 0.516 bits per heavy atom. The highest BCUT2D eigenvalue weighted by Crippen LogP contribution is 2.45. The van der Waals surface area contributed by atoms with Crippen LogP contribution in [0.2, 0.25) is 0 Å². The lowest BCUT2D eigenvalue weighted by atomic mass is 9.99. The van der Waals surface area contributed by atoms with Crippen LogP contribution in [0.4, 0.5) is 0 Å². The minimum atomic E-state index is -4.96. The van der Waals surface area contributed by atoms with Crippen LogP contribution in [-0.2, 0) is 65.4 Å². The number of phosphoric acid groups is 2. The highest BCUT2D eigenvalue weighted by molar-refractivity contribution is 7.47. The van der Waals surface area contributed by atoms with E-state index in [1.807, 2.05) is 0 Å². The van der Waals surface area contributed by atoms with Gasteiger partial charge >= 0.3 is 39.5 Å². The molecule has 552 valence electrons. The Bertz CT molecular complexity index is 1840. The van der Waals surface area contributed by atoms with Crippen molar-refractivity contribution >= 4 is 39.5 Å². The largest absolute Gasteiger partial charge is 0.472 e. The second-order valence-corrected chi connectivity index (χ2v) is 31.0. The summed E-state index contributed by atoms with van der Waals surface area (Å²) in [5.74, 6) is 0.981. The van der Waals surface area contributed by atoms with Gasteiger partial charge in [-0.25, -0.2) is 9.13 Å². The van der Waals surface area contributed by atoms with E-state index in [0.29, 0.717) is 25.7 Å². The molecule has 0 fully saturated rings. The molecule has 0 saturated heterocycles. The van der Waals surface area contributed by atoms with E-state index in [0.717, 1.165) is 114 Å². The summed E-state index contributed by atoms with van der Waals surface area (Å²) in [6, 6.07) is 0. The maximum Gasteiger partial charge on any atom is 0.472 e. The zero-order valence-electron chi connectivity index (χ0n) is 60.9. The monoisotopic (exact) mass is 1370 g/mol. The Labute approximate surface area is 568 Å². The van der Waals surface area contributed by atoms with E-state index in [1.54, 1.807) is 0 Å². The molecule has 7 atom stereocenters. The maximum absolute atomic E-state index is 13.1. The Hall–Kier alpha value is -1.94. The van der Waals surface area contributed by atoms with Crippen LogP contribution in [0.3, 0.4) is 0 Å². The first kappa shape index (κ1) is 91.1. The van der Waals surface area contributed by atoms with Gasteiger partial charge in [0.05, 0.1) is 26.4 Å². The van der Waals surface area contributed by atoms with Crippen molar-refractivity contribution in [1.82, 2.24) is 0 Å². The van der Waals surface area contributed by atoms with Gasteiger partial charge in [-0.15, -0.1) is 0 Å². The zero-order valence-corrected chi connectivity index (χ0v) is 62.7. The average molecular weight is 1370 g/mol. The molecule has 0 rings (SSSR count). The number of aliphatic hydroxyl groups excluding tert-OH is 1. The van der Waals surface area contributed by atoms with Crippen molar-refractivity contribution in [3.8, 4) is 0 Å². The topological polar surface area (TPSA) is 237 Å². The molecule has 0 spiro atoms. The summed E-state index contributed by atoms with van der Waals surface area (Å²) in [7, 11) is -9.91. The first-order valence-electron chi connectivity index (χ1n) is 38.3. The first-order chi connectivity index (χ1) is 44.7. The number of aliphatic hydroxyl groups is 1. The second-order valence-electron chi connectivity index (χ2n) is 28.1. The van der Waals surface area contributed by atoms with Gasteiger partial charge < -0.3 is 33.8 Å². The van der Waals surface area contributed by atoms with Gasteiger partial charge in [0, 0.05) is 25.7 Å². The summed E-state index contributed by atoms with van der Waals surface area (Å²) < 4.78 is 68.5. The van der Waals surface area contributed by atoms with E-state index in [-0.39, 0.29) is 25.7 Å². The van der Waals surface area contributed by atoms with Crippen LogP contribution in [0.5, 0.6) is 0 Å². The Kier molecular flexibility index (Phi) is 62.2. The van der Waals surface area contributed by atoms with Crippen LogP contribution in [0.15, 0.2) is 0 Å². The first-order valence-corrected chi connectivity index (χ1v) is 41.3. The normalized spacial score (nSPS) is 14.8. The summed E-state index contributed by atoms with van der Waals surface area (Å²) in [4.78, 5) is 72.8. The van der Waals surface area contributed by atoms with Gasteiger partial charge in [-0.3, -0.25) is 37.3 Å². The quantitative estimate of drug-likeness (QED) is 0.0222. The van der Waals surface area contributed by atoms with Gasteiger partial charge in [-0.2, -0.15) is 0 Å². The minimum absolute atomic E-state index is 0.105. The Morgan fingerprint density at radius 3 is 0.763 bits per heavy atom. The number of carbonyl (C=O) groups is 4. The molecule has 0 aromatic rings. The molecule has 0 aromatic carbocycles. The standard InChI is InChI=1S/C74H144O17P2/c1-9-66(7)52-44-36-28-19-14-16-21-30-38-46-54-71(76)84-60-69(91-74(79)57-49-41-33-23-17-15-20-29-37-45-53-67(8)10-2)62-88-92(80,81)86-58-68(75)59-87-93(82,83)89-63-70(61-85-72(77)55-47-39-31-25-24-27-35-43-51-65(5)6)90-73(78)56-48-40-32-22-13-11-12-18-26-34-42-50-64(3)4/h64-70,75H,9-63H2,1-8H3,(H,80,81)(H,82,83)/t66?,67?,68?,69-,70-/m1/s1. The molecule has 93 heavy (non-hydrogen) atoms. The SMILES string of the molecule is CCC(C)CCCCCCCCCCCCC(=O)OC[C@H](COP(=O)(O)OCC(O)COP(=O)(O)OC[C@@H](COC(=O)CCCCCCCCCCC(C)C)OC(=O)CCCCCCCCCCCCCC(C)C)OC(=O)CCCCCCCCCCCCC(C)CC. The lowest BCUT2D eigenvalue weighted by Crippen LogP contribution is -2.30. The van der Waals surface area contributed by atoms with E-state index in [2.05, 4.69) is 55.4 Å². The lowest BCUT2D eigenvalue weighted by molar-refractivity contribution is -0.161. The number of hydrogen-bond donors (Lipinski definition) is 3. The molecule has 0 aliphatic heterocycles. The lowest BCUT2D eigenvalue weighted by Gasteiger charge is -2.21. The van der Waals surface area contributed by atoms with Crippen molar-refractivity contribution in [3.63, 3.8) is 0 Å². The van der Waals surface area contributed by atoms with Gasteiger partial charge in [0.15, 0.2) is 12.2 Å². The van der Waals surface area contributed by atoms with E-state index in [4.69, 9.17) is 37.0 Å². The number of unbranched alkanes of at least 4 members (excludes halogenated alkanes) is 35. The predicted molar refractivity (Wildman–Crippen MR) is 377 cm³/mol. The predicted octanol–water partition coefficient (Wildman–Crippen LogP) is 21.3. The molecule has 19 heteroatoms. The molecule has 0 aliphatic carbocycles. The number of esters is 4. The Balaban J connectivity index is 5.28. The van der Waals surface area contributed by atoms with Crippen LogP contribution in [0.1, 0.15) is 370 Å². The fraction of sp³-hybridized carbons (Fsp3) is 0.946. The van der Waals surface area contributed by atoms with Gasteiger partial charge in [0.1, 0.15) is 19.3 Å². The molecule has 0 aromatic heterocycles. The van der Waals surface area contributed by atoms with Crippen LogP contribution in [0, 0.1) is 23.7 Å². The van der Waals surface area contributed by atoms with E-state index in [1.165, 1.54) is 173 Å². The van der Waals surface area contributed by atoms with E-state index >= 15 is 0 Å². The number of hydrogen-bond acceptors (Lipinski definition) is 15. The molecular weight excluding hydrogens is 1220 g/mol. The molecule has 0 aliphatic rings. The molecule has 0 bridgehead atoms. The highest BCUT2D eigenvalue weighted by atomic mass is 31.2. The van der Waals surface area contributed by atoms with Crippen LogP contribution in [-0.4, -0.2) is 96.7 Å². The maximum atomic E-state index is 13.1. The van der Waals surface area contributed by atoms with Gasteiger partial charge in [0.25, 0.3) is 0 Å². The summed E-state index contributed by atoms with van der Waals surface area (Å²) in [5.41, 5.74) is 0. The number of phosphoric ester groups is 2. The van der Waals surface area contributed by atoms with Crippen molar-refractivity contribution < 1.29 is 80.2 Å². The van der Waals surface area contributed by atoms with Crippen molar-refractivity contribution in [2.75, 3.05) is 39.6 Å². The van der Waals surface area contributed by atoms with Crippen molar-refractivity contribution in [2.45, 2.75) is 388 Å². The fourth-order valence-corrected chi connectivity index (χ4v) is 12.7. The summed E-state index contributed by atoms with van der Waals surface area (Å²) >= 11 is 0. The van der Waals surface area contributed by atoms with E-state index in [9.17, 15) is 43.2 Å². The third-order valence-corrected chi connectivity index (χ3v) is 19.7. The molecule has 5 unspecified atom stereocenters. The van der Waals surface area contributed by atoms with Crippen molar-refractivity contribution in [3.05, 3.63) is 0 Å². The summed E-state index contributed by atoms with van der Waals surface area (Å²) in [6.45, 7) is 14.2. The molecule has 0 radical (unpaired) electrons. The van der Waals surface area contributed by atoms with Gasteiger partial charge in [-0.1, -0.05) is 319 Å². The Morgan fingerprint density at radius 1 is 0.301 bits per heavy atom. The molecule has 0 heterocycles. The number of rotatable bonds is 71. The van der Waals surface area contributed by atoms with Crippen LogP contribution in [0.25, 0.3) is 0 Å². The number of carbonyl (C=O) groups excluding carboxylic acids is 4. The van der Waals surface area contributed by atoms with Crippen molar-refractivity contribution in [2.24, 2.45) is 23.7 Å². The summed E-state index contributed by atoms with van der Waals surface area (Å²) in [6.07, 6.45) is 47.0. The number of ether oxygens (including phenoxy) is 4. The molecular formula is C74H144O17P2. The zero-order chi connectivity index (χ0) is 68.9. The van der Waals surface area contributed by atoms with Gasteiger partial charge in [-0.05, 0) is 49.4 Å². The van der Waals surface area contributed by atoms with Crippen LogP contribution >= 0.6 is 15.6 Å². The van der Waals surface area contributed by atoms with Crippen molar-refractivity contribution in [1.29, 1.82) is 0 Å². The molecule has 17 nitrogen and oxygen atoms in total. The molecule has 0 amide bonds. The minimum Gasteiger partial charge on any atom is -0.462 e.